The van der Waals surface area contributed by atoms with E-state index in [0.29, 0.717) is 0 Å². The number of benzene rings is 1. The largest absolute Gasteiger partial charge is 0.394 e. The summed E-state index contributed by atoms with van der Waals surface area (Å²) in [7, 11) is 1.68. The minimum absolute atomic E-state index is 0.137. The molecule has 1 heterocycles. The van der Waals surface area contributed by atoms with Crippen LogP contribution in [-0.2, 0) is 7.05 Å². The molecule has 134 valence electrons. The van der Waals surface area contributed by atoms with Crippen molar-refractivity contribution < 1.29 is 14.8 Å². The summed E-state index contributed by atoms with van der Waals surface area (Å²) in [5, 5.41) is 24.0. The number of imidazole rings is 1. The lowest BCUT2D eigenvalue weighted by atomic mass is 9.99. The van der Waals surface area contributed by atoms with Crippen molar-refractivity contribution in [3.63, 3.8) is 0 Å². The first-order valence-corrected chi connectivity index (χ1v) is 8.06. The summed E-state index contributed by atoms with van der Waals surface area (Å²) >= 11 is 0. The number of rotatable bonds is 8. The number of nitrogens with one attached hydrogen (secondary N) is 1. The number of hydrogen-bond acceptors (Lipinski definition) is 6. The second-order valence-electron chi connectivity index (χ2n) is 6.00. The van der Waals surface area contributed by atoms with E-state index in [1.165, 1.54) is 24.4 Å². The number of aliphatic hydroxyl groups is 1. The summed E-state index contributed by atoms with van der Waals surface area (Å²) in [5.74, 6) is -0.0379. The van der Waals surface area contributed by atoms with Crippen LogP contribution in [0, 0.1) is 16.0 Å². The van der Waals surface area contributed by atoms with Crippen LogP contribution in [0.5, 0.6) is 0 Å². The molecule has 1 aromatic carbocycles. The van der Waals surface area contributed by atoms with Crippen molar-refractivity contribution >= 4 is 17.2 Å². The van der Waals surface area contributed by atoms with Crippen LogP contribution in [0.2, 0.25) is 0 Å². The first-order chi connectivity index (χ1) is 11.9. The minimum atomic E-state index is -0.539. The highest BCUT2D eigenvalue weighted by atomic mass is 16.6. The fourth-order valence-electron chi connectivity index (χ4n) is 2.51. The van der Waals surface area contributed by atoms with Crippen molar-refractivity contribution in [2.45, 2.75) is 26.3 Å². The zero-order chi connectivity index (χ0) is 18.6. The van der Waals surface area contributed by atoms with Gasteiger partial charge in [0.25, 0.3) is 5.69 Å². The zero-order valence-corrected chi connectivity index (χ0v) is 14.5. The number of ketones is 1. The van der Waals surface area contributed by atoms with E-state index in [0.717, 1.165) is 6.42 Å². The normalized spacial score (nSPS) is 13.3. The maximum atomic E-state index is 12.5. The van der Waals surface area contributed by atoms with Crippen molar-refractivity contribution in [2.24, 2.45) is 13.0 Å². The molecule has 0 aliphatic rings. The zero-order valence-electron chi connectivity index (χ0n) is 14.5. The Morgan fingerprint density at radius 3 is 2.72 bits per heavy atom. The van der Waals surface area contributed by atoms with Gasteiger partial charge in [-0.15, -0.1) is 0 Å². The number of nitrogens with zero attached hydrogens (tertiary/aromatic N) is 3. The molecular formula is C17H22N4O4. The van der Waals surface area contributed by atoms with E-state index in [1.807, 2.05) is 13.8 Å². The molecule has 2 atom stereocenters. The Labute approximate surface area is 145 Å². The Balaban J connectivity index is 2.36. The SMILES string of the molecule is CC[C@H](C)[C@@H](CO)Nc1ccc(C(=O)c2nccn2C)cc1[N+](=O)[O-]. The number of nitro benzene ring substituents is 1. The molecule has 8 heteroatoms. The highest BCUT2D eigenvalue weighted by molar-refractivity contribution is 6.07. The molecule has 0 bridgehead atoms. The lowest BCUT2D eigenvalue weighted by Gasteiger charge is -2.23. The molecule has 8 nitrogen and oxygen atoms in total. The van der Waals surface area contributed by atoms with Crippen LogP contribution in [0.4, 0.5) is 11.4 Å². The predicted molar refractivity (Wildman–Crippen MR) is 93.7 cm³/mol. The number of aromatic nitrogens is 2. The molecule has 0 aliphatic heterocycles. The summed E-state index contributed by atoms with van der Waals surface area (Å²) in [6.07, 6.45) is 3.95. The van der Waals surface area contributed by atoms with Crippen LogP contribution in [0.1, 0.15) is 36.5 Å². The summed E-state index contributed by atoms with van der Waals surface area (Å²) in [5.41, 5.74) is 0.262. The Bertz CT molecular complexity index is 772. The summed E-state index contributed by atoms with van der Waals surface area (Å²) in [4.78, 5) is 27.4. The van der Waals surface area contributed by atoms with Crippen LogP contribution in [-0.4, -0.2) is 38.0 Å². The molecule has 2 N–H and O–H groups in total. The van der Waals surface area contributed by atoms with E-state index in [2.05, 4.69) is 10.3 Å². The number of carbonyl (C=O) groups excluding carboxylic acids is 1. The van der Waals surface area contributed by atoms with E-state index in [9.17, 15) is 20.0 Å². The molecular weight excluding hydrogens is 324 g/mol. The molecule has 0 spiro atoms. The van der Waals surface area contributed by atoms with Crippen molar-refractivity contribution in [1.29, 1.82) is 0 Å². The molecule has 0 radical (unpaired) electrons. The maximum absolute atomic E-state index is 12.5. The van der Waals surface area contributed by atoms with E-state index >= 15 is 0 Å². The van der Waals surface area contributed by atoms with Crippen LogP contribution >= 0.6 is 0 Å². The van der Waals surface area contributed by atoms with Gasteiger partial charge in [0.2, 0.25) is 5.78 Å². The molecule has 0 saturated heterocycles. The van der Waals surface area contributed by atoms with Gasteiger partial charge in [0.1, 0.15) is 5.69 Å². The lowest BCUT2D eigenvalue weighted by Crippen LogP contribution is -2.31. The molecule has 25 heavy (non-hydrogen) atoms. The number of aliphatic hydroxyl groups excluding tert-OH is 1. The molecule has 1 aromatic heterocycles. The monoisotopic (exact) mass is 346 g/mol. The third kappa shape index (κ3) is 4.03. The van der Waals surface area contributed by atoms with Crippen molar-refractivity contribution in [1.82, 2.24) is 9.55 Å². The quantitative estimate of drug-likeness (QED) is 0.431. The van der Waals surface area contributed by atoms with Gasteiger partial charge in [0.15, 0.2) is 5.82 Å². The second kappa shape index (κ2) is 7.89. The van der Waals surface area contributed by atoms with Gasteiger partial charge in [0.05, 0.1) is 17.6 Å². The van der Waals surface area contributed by atoms with E-state index in [-0.39, 0.29) is 47.1 Å². The minimum Gasteiger partial charge on any atom is -0.394 e. The third-order valence-corrected chi connectivity index (χ3v) is 4.35. The van der Waals surface area contributed by atoms with Crippen LogP contribution < -0.4 is 5.32 Å². The Hall–Kier alpha value is -2.74. The first kappa shape index (κ1) is 18.6. The van der Waals surface area contributed by atoms with Crippen molar-refractivity contribution in [3.8, 4) is 0 Å². The number of nitro groups is 1. The lowest BCUT2D eigenvalue weighted by molar-refractivity contribution is -0.384. The summed E-state index contributed by atoms with van der Waals surface area (Å²) in [6, 6.07) is 3.96. The maximum Gasteiger partial charge on any atom is 0.293 e. The molecule has 0 fully saturated rings. The molecule has 2 rings (SSSR count). The summed E-state index contributed by atoms with van der Waals surface area (Å²) < 4.78 is 1.56. The van der Waals surface area contributed by atoms with Gasteiger partial charge in [-0.3, -0.25) is 14.9 Å². The number of carbonyl (C=O) groups is 1. The van der Waals surface area contributed by atoms with E-state index in [4.69, 9.17) is 0 Å². The Kier molecular flexibility index (Phi) is 5.87. The molecule has 0 aliphatic carbocycles. The van der Waals surface area contributed by atoms with E-state index in [1.54, 1.807) is 17.8 Å². The van der Waals surface area contributed by atoms with Crippen LogP contribution in [0.25, 0.3) is 0 Å². The van der Waals surface area contributed by atoms with Gasteiger partial charge in [-0.25, -0.2) is 4.98 Å². The van der Waals surface area contributed by atoms with Gasteiger partial charge < -0.3 is 15.0 Å². The highest BCUT2D eigenvalue weighted by Crippen LogP contribution is 2.28. The van der Waals surface area contributed by atoms with Gasteiger partial charge >= 0.3 is 0 Å². The van der Waals surface area contributed by atoms with Gasteiger partial charge in [0, 0.05) is 31.1 Å². The average molecular weight is 346 g/mol. The predicted octanol–water partition coefficient (Wildman–Crippen LogP) is 2.38. The number of anilines is 1. The standard InChI is InChI=1S/C17H22N4O4/c1-4-11(2)14(10-22)19-13-6-5-12(9-15(13)21(24)25)16(23)17-18-7-8-20(17)3/h5-9,11,14,19,22H,4,10H2,1-3H3/t11-,14+/m0/s1. The molecule has 0 amide bonds. The number of aryl methyl sites for hydroxylation is 1. The highest BCUT2D eigenvalue weighted by Gasteiger charge is 2.23. The molecule has 0 unspecified atom stereocenters. The Morgan fingerprint density at radius 2 is 2.20 bits per heavy atom. The smallest absolute Gasteiger partial charge is 0.293 e. The van der Waals surface area contributed by atoms with Crippen molar-refractivity contribution in [2.75, 3.05) is 11.9 Å². The van der Waals surface area contributed by atoms with Gasteiger partial charge in [-0.2, -0.15) is 0 Å². The first-order valence-electron chi connectivity index (χ1n) is 8.06. The van der Waals surface area contributed by atoms with Crippen LogP contribution in [0.3, 0.4) is 0 Å². The fourth-order valence-corrected chi connectivity index (χ4v) is 2.51. The van der Waals surface area contributed by atoms with Gasteiger partial charge in [-0.1, -0.05) is 20.3 Å². The fraction of sp³-hybridized carbons (Fsp3) is 0.412. The molecule has 2 aromatic rings. The van der Waals surface area contributed by atoms with Crippen molar-refractivity contribution in [3.05, 3.63) is 52.1 Å². The Morgan fingerprint density at radius 1 is 1.48 bits per heavy atom. The van der Waals surface area contributed by atoms with E-state index < -0.39 is 4.92 Å². The van der Waals surface area contributed by atoms with Gasteiger partial charge in [-0.05, 0) is 18.1 Å². The average Bonchev–Trinajstić information content (AvgIpc) is 3.04. The number of hydrogen-bond donors (Lipinski definition) is 2. The second-order valence-corrected chi connectivity index (χ2v) is 6.00. The third-order valence-electron chi connectivity index (χ3n) is 4.35. The molecule has 0 saturated carbocycles. The summed E-state index contributed by atoms with van der Waals surface area (Å²) in [6.45, 7) is 3.80. The topological polar surface area (TPSA) is 110 Å². The van der Waals surface area contributed by atoms with Crippen LogP contribution in [0.15, 0.2) is 30.6 Å².